The zero-order valence-corrected chi connectivity index (χ0v) is 52.3. The highest BCUT2D eigenvalue weighted by molar-refractivity contribution is 6.03. The van der Waals surface area contributed by atoms with Crippen LogP contribution in [0.25, 0.3) is 0 Å². The molecular weight excluding hydrogens is 1140 g/mol. The fraction of sp³-hybridized carbons (Fsp3) is 0.759. The summed E-state index contributed by atoms with van der Waals surface area (Å²) in [6.45, 7) is 10.9. The van der Waals surface area contributed by atoms with Crippen molar-refractivity contribution >= 4 is 70.9 Å². The molecule has 12 amide bonds. The molecule has 0 aliphatic carbocycles. The van der Waals surface area contributed by atoms with E-state index in [1.54, 1.807) is 20.8 Å². The Morgan fingerprint density at radius 3 is 1.77 bits per heavy atom. The Balaban J connectivity index is 2.73. The number of allylic oxidation sites excluding steroid dienone is 1. The van der Waals surface area contributed by atoms with Crippen molar-refractivity contribution < 1.29 is 82.7 Å². The first-order valence-electron chi connectivity index (χ1n) is 30.4. The molecule has 29 nitrogen and oxygen atoms in total. The summed E-state index contributed by atoms with van der Waals surface area (Å²) in [6, 6.07) is -12.8. The van der Waals surface area contributed by atoms with E-state index in [9.17, 15) is 78.0 Å². The largest absolute Gasteiger partial charge is 0.393 e. The van der Waals surface area contributed by atoms with Gasteiger partial charge in [-0.05, 0) is 78.1 Å². The molecule has 5 unspecified atom stereocenters. The third kappa shape index (κ3) is 25.1. The first-order valence-corrected chi connectivity index (χ1v) is 30.4. The van der Waals surface area contributed by atoms with Gasteiger partial charge in [-0.25, -0.2) is 0 Å². The topological polar surface area (TPSA) is 450 Å². The minimum Gasteiger partial charge on any atom is -0.393 e. The molecule has 494 valence electrons. The van der Waals surface area contributed by atoms with Crippen LogP contribution in [-0.2, 0) is 62.3 Å². The van der Waals surface area contributed by atoms with Crippen LogP contribution in [0.2, 0.25) is 0 Å². The summed E-state index contributed by atoms with van der Waals surface area (Å²) in [4.78, 5) is 167. The van der Waals surface area contributed by atoms with Gasteiger partial charge in [-0.3, -0.25) is 57.5 Å². The van der Waals surface area contributed by atoms with Gasteiger partial charge in [0.05, 0.1) is 43.4 Å². The van der Waals surface area contributed by atoms with E-state index in [2.05, 4.69) is 42.5 Å². The standard InChI is InChI=1S/C58H100N12O17/c1-11-22-36(73)24-20-18-16-14-13-15-17-19-23-32(5)45-49(77)56(84)65-44(31(3)4)53(81)62-37(12-2)51(79)67-47(34(7)72)55(83)68-46(33(6)71)54(82)63-38(26-27-41(59)74)50(78)61-30-43(76)64-48(35(8)87-10)58(86)69(9)40(29-42(60)75)57(85)70-28-21-25-39(70)52(80)66-45/h12,31-36,38-40,44-49,71-73,77H,11,13-30H2,1-10H3,(H2,59,74)(H2,60,75)(H,61,78)(H,62,81)(H,63,82)(H,64,76)(H,65,84)(H,66,80)(H,67,79)(H,68,83)/b37-12+/t32-,33+,34+,35+,36?,38?,39-,40-,44?,45?,46-,47-,48?,49+/m0/s1. The second kappa shape index (κ2) is 38.5. The summed E-state index contributed by atoms with van der Waals surface area (Å²) in [7, 11) is 2.38. The smallest absolute Gasteiger partial charge is 0.268 e. The van der Waals surface area contributed by atoms with Crippen LogP contribution in [0, 0.1) is 11.8 Å². The Kier molecular flexibility index (Phi) is 33.7. The summed E-state index contributed by atoms with van der Waals surface area (Å²) in [5.41, 5.74) is 10.5. The molecule has 14 atom stereocenters. The Hall–Kier alpha value is -6.82. The van der Waals surface area contributed by atoms with Crippen LogP contribution >= 0.6 is 0 Å². The number of aliphatic hydroxyl groups is 4. The molecule has 2 aliphatic heterocycles. The number of ether oxygens (including phenoxy) is 1. The second-order valence-electron chi connectivity index (χ2n) is 23.2. The van der Waals surface area contributed by atoms with Crippen molar-refractivity contribution in [1.82, 2.24) is 52.3 Å². The lowest BCUT2D eigenvalue weighted by molar-refractivity contribution is -0.151. The van der Waals surface area contributed by atoms with Crippen molar-refractivity contribution in [3.63, 3.8) is 0 Å². The Morgan fingerprint density at radius 1 is 0.667 bits per heavy atom. The number of nitrogens with one attached hydrogen (secondary N) is 8. The van der Waals surface area contributed by atoms with Gasteiger partial charge in [0.2, 0.25) is 59.1 Å². The molecule has 16 N–H and O–H groups in total. The Labute approximate surface area is 510 Å². The molecule has 2 heterocycles. The number of amides is 12. The molecule has 0 radical (unpaired) electrons. The van der Waals surface area contributed by atoms with E-state index in [0.29, 0.717) is 12.8 Å². The second-order valence-corrected chi connectivity index (χ2v) is 23.2. The van der Waals surface area contributed by atoms with E-state index in [4.69, 9.17) is 16.2 Å². The number of methoxy groups -OCH3 is 1. The lowest BCUT2D eigenvalue weighted by atomic mass is 9.90. The van der Waals surface area contributed by atoms with E-state index in [1.165, 1.54) is 28.0 Å². The molecular formula is C58H100N12O17. The normalized spacial score (nSPS) is 26.6. The van der Waals surface area contributed by atoms with E-state index in [-0.39, 0.29) is 25.5 Å². The number of hydrogen-bond acceptors (Lipinski definition) is 17. The van der Waals surface area contributed by atoms with Crippen LogP contribution in [0.4, 0.5) is 0 Å². The van der Waals surface area contributed by atoms with Crippen molar-refractivity contribution in [3.8, 4) is 0 Å². The van der Waals surface area contributed by atoms with Crippen LogP contribution in [0.15, 0.2) is 11.8 Å². The fourth-order valence-corrected chi connectivity index (χ4v) is 10.3. The highest BCUT2D eigenvalue weighted by Crippen LogP contribution is 2.25. The molecule has 0 saturated carbocycles. The molecule has 0 spiro atoms. The SMILES string of the molecule is C/C=C1/NC(=O)C(C(C)C)NC(=O)[C@H](O)C([C@@H](C)CCCCCCCCCCC(O)CCC)NC(=O)[C@@H]2CCCN2C(=O)[C@H](CC(N)=O)N(C)C(=O)C([C@@H](C)OC)NC(=O)CNC(=O)C(CCC(N)=O)NC(=O)[C@H]([C@@H](C)O)NC(=O)[C@H]([C@@H](C)O)NC1=O. The summed E-state index contributed by atoms with van der Waals surface area (Å²) >= 11 is 0. The zero-order chi connectivity index (χ0) is 65.8. The maximum absolute atomic E-state index is 14.7. The molecule has 0 aromatic carbocycles. The van der Waals surface area contributed by atoms with Gasteiger partial charge in [0, 0.05) is 27.1 Å². The number of primary amides is 2. The lowest BCUT2D eigenvalue weighted by Crippen LogP contribution is -2.62. The van der Waals surface area contributed by atoms with Crippen molar-refractivity contribution in [2.75, 3.05) is 27.2 Å². The van der Waals surface area contributed by atoms with Crippen LogP contribution in [0.5, 0.6) is 0 Å². The third-order valence-electron chi connectivity index (χ3n) is 15.7. The summed E-state index contributed by atoms with van der Waals surface area (Å²) in [5.74, 6) is -13.7. The van der Waals surface area contributed by atoms with Gasteiger partial charge in [0.15, 0.2) is 6.10 Å². The maximum atomic E-state index is 14.7. The minimum atomic E-state index is -2.03. The molecule has 2 saturated heterocycles. The van der Waals surface area contributed by atoms with Gasteiger partial charge in [-0.2, -0.15) is 0 Å². The van der Waals surface area contributed by atoms with Gasteiger partial charge >= 0.3 is 0 Å². The van der Waals surface area contributed by atoms with Gasteiger partial charge in [-0.15, -0.1) is 0 Å². The van der Waals surface area contributed by atoms with Crippen molar-refractivity contribution in [2.45, 2.75) is 243 Å². The van der Waals surface area contributed by atoms with Gasteiger partial charge < -0.3 is 89.0 Å². The summed E-state index contributed by atoms with van der Waals surface area (Å²) < 4.78 is 5.41. The van der Waals surface area contributed by atoms with Gasteiger partial charge in [0.25, 0.3) is 11.8 Å². The molecule has 0 aromatic heterocycles. The molecule has 87 heavy (non-hydrogen) atoms. The zero-order valence-electron chi connectivity index (χ0n) is 52.3. The maximum Gasteiger partial charge on any atom is 0.268 e. The molecule has 0 aromatic rings. The molecule has 2 rings (SSSR count). The van der Waals surface area contributed by atoms with Crippen molar-refractivity contribution in [2.24, 2.45) is 23.3 Å². The number of hydrogen-bond donors (Lipinski definition) is 14. The minimum absolute atomic E-state index is 0.0446. The number of fused-ring (bicyclic) bond motifs is 1. The number of likely N-dealkylation sites (N-methyl/N-ethyl adjacent to an activating group) is 1. The molecule has 2 fully saturated rings. The number of aliphatic hydroxyl groups excluding tert-OH is 4. The highest BCUT2D eigenvalue weighted by atomic mass is 16.5. The van der Waals surface area contributed by atoms with Crippen LogP contribution < -0.4 is 54.0 Å². The highest BCUT2D eigenvalue weighted by Gasteiger charge is 2.44. The molecule has 29 heteroatoms. The summed E-state index contributed by atoms with van der Waals surface area (Å²) in [5, 5.41) is 62.7. The predicted octanol–water partition coefficient (Wildman–Crippen LogP) is -2.48. The van der Waals surface area contributed by atoms with E-state index < -0.39 is 187 Å². The number of carbonyl (C=O) groups is 12. The fourth-order valence-electron chi connectivity index (χ4n) is 10.3. The molecule has 2 aliphatic rings. The van der Waals surface area contributed by atoms with Crippen molar-refractivity contribution in [1.29, 1.82) is 0 Å². The van der Waals surface area contributed by atoms with Crippen LogP contribution in [0.1, 0.15) is 165 Å². The number of rotatable bonds is 24. The quantitative estimate of drug-likeness (QED) is 0.0351. The third-order valence-corrected chi connectivity index (χ3v) is 15.7. The van der Waals surface area contributed by atoms with Gasteiger partial charge in [-0.1, -0.05) is 91.6 Å². The molecule has 0 bridgehead atoms. The average molecular weight is 1240 g/mol. The van der Waals surface area contributed by atoms with Crippen molar-refractivity contribution in [3.05, 3.63) is 11.8 Å². The van der Waals surface area contributed by atoms with E-state index in [0.717, 1.165) is 93.9 Å². The first kappa shape index (κ1) is 76.3. The Morgan fingerprint density at radius 2 is 1.23 bits per heavy atom. The van der Waals surface area contributed by atoms with Gasteiger partial charge in [0.1, 0.15) is 48.0 Å². The van der Waals surface area contributed by atoms with E-state index in [1.807, 2.05) is 6.92 Å². The number of nitrogens with zero attached hydrogens (tertiary/aromatic N) is 2. The monoisotopic (exact) mass is 1240 g/mol. The average Bonchev–Trinajstić information content (AvgIpc) is 2.91. The summed E-state index contributed by atoms with van der Waals surface area (Å²) in [6.07, 6.45) is 2.99. The Bertz CT molecular complexity index is 2370. The number of carbonyl (C=O) groups excluding carboxylic acids is 12. The lowest BCUT2D eigenvalue weighted by Gasteiger charge is -2.36. The van der Waals surface area contributed by atoms with E-state index >= 15 is 0 Å². The van der Waals surface area contributed by atoms with Crippen LogP contribution in [0.3, 0.4) is 0 Å². The number of nitrogens with two attached hydrogens (primary N) is 2. The first-order chi connectivity index (χ1) is 40.9. The predicted molar refractivity (Wildman–Crippen MR) is 317 cm³/mol. The van der Waals surface area contributed by atoms with Crippen LogP contribution in [-0.4, -0.2) is 207 Å². The number of unbranched alkanes of at least 4 members (excludes halogenated alkanes) is 7.